The van der Waals surface area contributed by atoms with Crippen LogP contribution in [0.15, 0.2) is 18.7 Å². The van der Waals surface area contributed by atoms with Crippen molar-refractivity contribution >= 4 is 7.81 Å². The number of unbranched alkanes of at least 4 members (excludes halogenated alkanes) is 15. The van der Waals surface area contributed by atoms with E-state index in [0.717, 1.165) is 0 Å². The summed E-state index contributed by atoms with van der Waals surface area (Å²) >= 11 is 0. The molecule has 0 spiro atoms. The Bertz CT molecular complexity index is 546. The van der Waals surface area contributed by atoms with E-state index in [0.29, 0.717) is 0 Å². The van der Waals surface area contributed by atoms with Gasteiger partial charge in [0.05, 0.1) is 13.6 Å². The van der Waals surface area contributed by atoms with Crippen molar-refractivity contribution in [2.24, 2.45) is 7.05 Å². The van der Waals surface area contributed by atoms with Crippen LogP contribution in [0.25, 0.3) is 0 Å². The fraction of sp³-hybridized carbons (Fsp3) is 0.864. The molecule has 1 rings (SSSR count). The summed E-state index contributed by atoms with van der Waals surface area (Å²) in [5.41, 5.74) is 0. The van der Waals surface area contributed by atoms with E-state index >= 15 is 0 Å². The van der Waals surface area contributed by atoms with Gasteiger partial charge in [-0.2, -0.15) is 0 Å². The second-order valence-electron chi connectivity index (χ2n) is 8.58. The molecule has 2 nitrogen and oxygen atoms in total. The van der Waals surface area contributed by atoms with Crippen LogP contribution in [0.4, 0.5) is 25.2 Å². The van der Waals surface area contributed by atoms with Crippen LogP contribution in [-0.4, -0.2) is 4.57 Å². The predicted molar refractivity (Wildman–Crippen MR) is 119 cm³/mol. The number of rotatable bonds is 17. The number of imidazole rings is 1. The van der Waals surface area contributed by atoms with Gasteiger partial charge in [-0.3, -0.25) is 0 Å². The molecule has 0 bridgehead atoms. The van der Waals surface area contributed by atoms with E-state index in [1.807, 2.05) is 0 Å². The molecule has 1 heterocycles. The molecule has 0 aliphatic carbocycles. The Morgan fingerprint density at radius 2 is 0.935 bits per heavy atom. The molecule has 31 heavy (non-hydrogen) atoms. The van der Waals surface area contributed by atoms with Crippen molar-refractivity contribution in [2.45, 2.75) is 116 Å². The van der Waals surface area contributed by atoms with Crippen molar-refractivity contribution in [2.75, 3.05) is 0 Å². The van der Waals surface area contributed by atoms with Crippen LogP contribution < -0.4 is 4.57 Å². The third kappa shape index (κ3) is 31.5. The average Bonchev–Trinajstić information content (AvgIpc) is 3.04. The molecular weight excluding hydrogens is 437 g/mol. The van der Waals surface area contributed by atoms with Crippen molar-refractivity contribution in [1.82, 2.24) is 4.57 Å². The Kier molecular flexibility index (Phi) is 14.0. The summed E-state index contributed by atoms with van der Waals surface area (Å²) in [5.74, 6) is 0. The maximum absolute atomic E-state index is 10.7. The van der Waals surface area contributed by atoms with Crippen LogP contribution >= 0.6 is 7.81 Å². The zero-order valence-electron chi connectivity index (χ0n) is 19.4. The summed E-state index contributed by atoms with van der Waals surface area (Å²) in [6.45, 7) is 3.48. The monoisotopic (exact) mass is 480 g/mol. The Hall–Kier alpha value is -0.780. The van der Waals surface area contributed by atoms with Crippen LogP contribution in [0.1, 0.15) is 110 Å². The fourth-order valence-corrected chi connectivity index (χ4v) is 3.48. The molecule has 1 aromatic rings. The summed E-state index contributed by atoms with van der Waals surface area (Å²) in [6.07, 6.45) is 29.5. The van der Waals surface area contributed by atoms with Crippen molar-refractivity contribution < 1.29 is 29.7 Å². The van der Waals surface area contributed by atoms with Gasteiger partial charge >= 0.3 is 33.0 Å². The van der Waals surface area contributed by atoms with Crippen molar-refractivity contribution in [3.05, 3.63) is 18.7 Å². The molecule has 0 atom stereocenters. The third-order valence-corrected chi connectivity index (χ3v) is 5.09. The summed E-state index contributed by atoms with van der Waals surface area (Å²) < 4.78 is 63.6. The Balaban J connectivity index is 0.00000110. The molecule has 9 heteroatoms. The fourth-order valence-electron chi connectivity index (χ4n) is 3.48. The molecule has 188 valence electrons. The molecule has 0 N–H and O–H groups in total. The van der Waals surface area contributed by atoms with Crippen LogP contribution in [0.2, 0.25) is 0 Å². The van der Waals surface area contributed by atoms with Gasteiger partial charge in [0, 0.05) is 0 Å². The molecule has 0 unspecified atom stereocenters. The number of aryl methyl sites for hydroxylation is 2. The minimum absolute atomic E-state index is 1.18. The molecule has 0 saturated heterocycles. The standard InChI is InChI=1S/C22H43N2.F6P/c1-3-4-5-6-7-8-9-10-11-12-13-14-15-16-17-18-19-24-21-20-23(2)22-24;1-7(2,3,4,5)6/h20-22H,3-19H2,1-2H3;/q+1;-1. The summed E-state index contributed by atoms with van der Waals surface area (Å²) in [5, 5.41) is 0. The number of hydrogen-bond acceptors (Lipinski definition) is 0. The molecule has 0 fully saturated rings. The van der Waals surface area contributed by atoms with Gasteiger partial charge in [-0.15, -0.1) is 0 Å². The van der Waals surface area contributed by atoms with E-state index in [1.54, 1.807) is 0 Å². The quantitative estimate of drug-likeness (QED) is 0.0908. The molecule has 0 radical (unpaired) electrons. The van der Waals surface area contributed by atoms with Crippen LogP contribution in [-0.2, 0) is 13.6 Å². The number of hydrogen-bond donors (Lipinski definition) is 0. The zero-order valence-corrected chi connectivity index (χ0v) is 20.3. The first-order valence-corrected chi connectivity index (χ1v) is 13.9. The van der Waals surface area contributed by atoms with E-state index in [9.17, 15) is 25.2 Å². The first-order valence-electron chi connectivity index (χ1n) is 11.9. The van der Waals surface area contributed by atoms with Gasteiger partial charge in [0.1, 0.15) is 12.4 Å². The minimum atomic E-state index is -10.7. The first-order chi connectivity index (χ1) is 14.3. The summed E-state index contributed by atoms with van der Waals surface area (Å²) in [4.78, 5) is 0. The van der Waals surface area contributed by atoms with E-state index in [-0.39, 0.29) is 0 Å². The molecule has 0 aliphatic heterocycles. The van der Waals surface area contributed by atoms with Crippen molar-refractivity contribution in [3.63, 3.8) is 0 Å². The van der Waals surface area contributed by atoms with Crippen molar-refractivity contribution in [1.29, 1.82) is 0 Å². The molecule has 0 aromatic carbocycles. The summed E-state index contributed by atoms with van der Waals surface area (Å²) in [7, 11) is -8.57. The normalized spacial score (nSPS) is 13.9. The maximum atomic E-state index is 9.87. The van der Waals surface area contributed by atoms with Crippen molar-refractivity contribution in [3.8, 4) is 0 Å². The van der Waals surface area contributed by atoms with E-state index in [1.165, 1.54) is 109 Å². The van der Waals surface area contributed by atoms with Gasteiger partial charge in [0.15, 0.2) is 0 Å². The zero-order chi connectivity index (χ0) is 23.7. The Morgan fingerprint density at radius 1 is 0.613 bits per heavy atom. The Morgan fingerprint density at radius 3 is 1.23 bits per heavy atom. The van der Waals surface area contributed by atoms with E-state index < -0.39 is 7.81 Å². The summed E-state index contributed by atoms with van der Waals surface area (Å²) in [6, 6.07) is 0. The van der Waals surface area contributed by atoms with Gasteiger partial charge in [-0.25, -0.2) is 9.13 Å². The van der Waals surface area contributed by atoms with Gasteiger partial charge in [0.2, 0.25) is 6.33 Å². The van der Waals surface area contributed by atoms with Gasteiger partial charge in [-0.1, -0.05) is 96.8 Å². The van der Waals surface area contributed by atoms with E-state index in [2.05, 4.69) is 41.8 Å². The van der Waals surface area contributed by atoms with Crippen LogP contribution in [0.5, 0.6) is 0 Å². The number of nitrogens with zero attached hydrogens (tertiary/aromatic N) is 2. The molecular formula is C22H43F6N2P. The molecule has 0 saturated carbocycles. The number of aromatic nitrogens is 2. The van der Waals surface area contributed by atoms with E-state index in [4.69, 9.17) is 0 Å². The van der Waals surface area contributed by atoms with Gasteiger partial charge in [-0.05, 0) is 12.8 Å². The average molecular weight is 481 g/mol. The van der Waals surface area contributed by atoms with Crippen LogP contribution in [0, 0.1) is 0 Å². The molecule has 0 aliphatic rings. The van der Waals surface area contributed by atoms with Gasteiger partial charge < -0.3 is 0 Å². The topological polar surface area (TPSA) is 8.81 Å². The Labute approximate surface area is 184 Å². The second kappa shape index (κ2) is 14.4. The first kappa shape index (κ1) is 30.2. The number of halogens is 6. The molecule has 0 amide bonds. The third-order valence-electron chi connectivity index (χ3n) is 5.09. The molecule has 1 aromatic heterocycles. The predicted octanol–water partition coefficient (Wildman–Crippen LogP) is 9.96. The second-order valence-corrected chi connectivity index (χ2v) is 10.5. The van der Waals surface area contributed by atoms with Gasteiger partial charge in [0.25, 0.3) is 0 Å². The van der Waals surface area contributed by atoms with Crippen LogP contribution in [0.3, 0.4) is 0 Å². The SMILES string of the molecule is CCCCCCCCCCCCCCCCCCn1cc[n+](C)c1.F[P-](F)(F)(F)(F)F.